The molecule has 0 aromatic carbocycles. The number of aryl methyl sites for hydroxylation is 1. The molecule has 1 N–H and O–H groups in total. The van der Waals surface area contributed by atoms with Crippen LogP contribution in [0.15, 0.2) is 0 Å². The van der Waals surface area contributed by atoms with Gasteiger partial charge in [-0.1, -0.05) is 0 Å². The predicted molar refractivity (Wildman–Crippen MR) is 66.7 cm³/mol. The Hall–Kier alpha value is -1.57. The smallest absolute Gasteiger partial charge is 0.337 e. The van der Waals surface area contributed by atoms with Gasteiger partial charge in [-0.2, -0.15) is 5.10 Å². The lowest BCUT2D eigenvalue weighted by atomic mass is 10.1. The maximum atomic E-state index is 12.4. The zero-order chi connectivity index (χ0) is 15.0. The fourth-order valence-electron chi connectivity index (χ4n) is 3.01. The second kappa shape index (κ2) is 5.32. The third-order valence-electron chi connectivity index (χ3n) is 4.04. The average Bonchev–Trinajstić information content (AvgIpc) is 2.99. The van der Waals surface area contributed by atoms with E-state index in [1.54, 1.807) is 4.90 Å². The largest absolute Gasteiger partial charge is 0.522 e. The van der Waals surface area contributed by atoms with Gasteiger partial charge in [-0.15, -0.1) is 13.2 Å². The molecule has 1 aliphatic heterocycles. The highest BCUT2D eigenvalue weighted by atomic mass is 19.4. The van der Waals surface area contributed by atoms with Crippen molar-refractivity contribution in [2.45, 2.75) is 44.6 Å². The monoisotopic (exact) mass is 303 g/mol. The van der Waals surface area contributed by atoms with Gasteiger partial charge in [-0.25, -0.2) is 0 Å². The number of fused-ring (bicyclic) bond motifs is 1. The lowest BCUT2D eigenvalue weighted by molar-refractivity contribution is -0.345. The van der Waals surface area contributed by atoms with Gasteiger partial charge in [0.1, 0.15) is 0 Å². The van der Waals surface area contributed by atoms with E-state index in [2.05, 4.69) is 14.9 Å². The van der Waals surface area contributed by atoms with Gasteiger partial charge in [0.15, 0.2) is 5.69 Å². The summed E-state index contributed by atoms with van der Waals surface area (Å²) >= 11 is 0. The first kappa shape index (κ1) is 14.4. The van der Waals surface area contributed by atoms with E-state index in [-0.39, 0.29) is 31.8 Å². The molecule has 1 aromatic heterocycles. The Morgan fingerprint density at radius 1 is 1.29 bits per heavy atom. The lowest BCUT2D eigenvalue weighted by Crippen LogP contribution is -2.42. The van der Waals surface area contributed by atoms with Crippen LogP contribution in [0.1, 0.15) is 41.0 Å². The van der Waals surface area contributed by atoms with E-state index in [0.29, 0.717) is 5.69 Å². The van der Waals surface area contributed by atoms with Crippen molar-refractivity contribution in [1.82, 2.24) is 15.1 Å². The number of likely N-dealkylation sites (tertiary alicyclic amines) is 1. The minimum atomic E-state index is -4.61. The fourth-order valence-corrected chi connectivity index (χ4v) is 3.01. The summed E-state index contributed by atoms with van der Waals surface area (Å²) in [5.74, 6) is -0.195. The number of ether oxygens (including phenoxy) is 1. The van der Waals surface area contributed by atoms with Crippen molar-refractivity contribution in [2.75, 3.05) is 13.1 Å². The Morgan fingerprint density at radius 3 is 2.67 bits per heavy atom. The molecule has 1 amide bonds. The molecule has 1 fully saturated rings. The molecule has 0 unspecified atom stereocenters. The number of carbonyl (C=O) groups excluding carboxylic acids is 1. The first-order valence-electron chi connectivity index (χ1n) is 7.04. The van der Waals surface area contributed by atoms with E-state index in [4.69, 9.17) is 0 Å². The average molecular weight is 303 g/mol. The molecule has 1 aliphatic carbocycles. The molecule has 5 nitrogen and oxygen atoms in total. The van der Waals surface area contributed by atoms with E-state index in [1.165, 1.54) is 0 Å². The van der Waals surface area contributed by atoms with Gasteiger partial charge in [0, 0.05) is 24.3 Å². The third kappa shape index (κ3) is 3.04. The van der Waals surface area contributed by atoms with Crippen LogP contribution in [0.3, 0.4) is 0 Å². The molecule has 2 heterocycles. The first-order valence-corrected chi connectivity index (χ1v) is 7.04. The highest BCUT2D eigenvalue weighted by Crippen LogP contribution is 2.27. The van der Waals surface area contributed by atoms with Crippen molar-refractivity contribution in [2.24, 2.45) is 0 Å². The number of nitrogens with zero attached hydrogens (tertiary/aromatic N) is 2. The van der Waals surface area contributed by atoms with Crippen molar-refractivity contribution >= 4 is 5.91 Å². The Bertz CT molecular complexity index is 533. The maximum Gasteiger partial charge on any atom is 0.522 e. The molecule has 0 radical (unpaired) electrons. The van der Waals surface area contributed by atoms with Gasteiger partial charge in [-0.05, 0) is 32.1 Å². The summed E-state index contributed by atoms with van der Waals surface area (Å²) in [5.41, 5.74) is 2.40. The Kier molecular flexibility index (Phi) is 3.64. The lowest BCUT2D eigenvalue weighted by Gasteiger charge is -2.31. The van der Waals surface area contributed by atoms with Crippen molar-refractivity contribution in [3.05, 3.63) is 17.0 Å². The van der Waals surface area contributed by atoms with Gasteiger partial charge in [0.2, 0.25) is 0 Å². The van der Waals surface area contributed by atoms with Crippen LogP contribution in [0, 0.1) is 0 Å². The van der Waals surface area contributed by atoms with Crippen LogP contribution in [-0.4, -0.2) is 46.6 Å². The number of rotatable bonds is 2. The Balaban J connectivity index is 1.60. The fraction of sp³-hybridized carbons (Fsp3) is 0.692. The second-order valence-electron chi connectivity index (χ2n) is 5.44. The number of carbonyl (C=O) groups is 1. The number of amides is 1. The van der Waals surface area contributed by atoms with E-state index in [1.807, 2.05) is 0 Å². The number of nitrogens with one attached hydrogen (secondary N) is 1. The zero-order valence-electron chi connectivity index (χ0n) is 11.4. The maximum absolute atomic E-state index is 12.4. The van der Waals surface area contributed by atoms with Gasteiger partial charge < -0.3 is 4.90 Å². The predicted octanol–water partition coefficient (Wildman–Crippen LogP) is 2.04. The summed E-state index contributed by atoms with van der Waals surface area (Å²) < 4.78 is 40.5. The number of piperidine rings is 1. The molecular weight excluding hydrogens is 287 g/mol. The Morgan fingerprint density at radius 2 is 2.00 bits per heavy atom. The summed E-state index contributed by atoms with van der Waals surface area (Å²) in [6.07, 6.45) is -2.35. The van der Waals surface area contributed by atoms with Gasteiger partial charge in [0.25, 0.3) is 5.91 Å². The van der Waals surface area contributed by atoms with Crippen LogP contribution in [0.4, 0.5) is 13.2 Å². The number of halogens is 3. The summed E-state index contributed by atoms with van der Waals surface area (Å²) in [4.78, 5) is 14.0. The summed E-state index contributed by atoms with van der Waals surface area (Å²) in [7, 11) is 0. The quantitative estimate of drug-likeness (QED) is 0.909. The van der Waals surface area contributed by atoms with E-state index < -0.39 is 12.5 Å². The van der Waals surface area contributed by atoms with Gasteiger partial charge in [-0.3, -0.25) is 14.6 Å². The van der Waals surface area contributed by atoms with Gasteiger partial charge in [0.05, 0.1) is 6.10 Å². The molecule has 0 saturated carbocycles. The van der Waals surface area contributed by atoms with Gasteiger partial charge >= 0.3 is 6.36 Å². The highest BCUT2D eigenvalue weighted by molar-refractivity contribution is 5.94. The summed E-state index contributed by atoms with van der Waals surface area (Å²) in [6.45, 7) is 0.530. The topological polar surface area (TPSA) is 58.2 Å². The van der Waals surface area contributed by atoms with Crippen molar-refractivity contribution in [1.29, 1.82) is 0 Å². The molecule has 1 aromatic rings. The number of alkyl halides is 3. The molecule has 0 spiro atoms. The normalized spacial score (nSPS) is 19.9. The highest BCUT2D eigenvalue weighted by Gasteiger charge is 2.36. The molecule has 3 rings (SSSR count). The SMILES string of the molecule is O=C(c1n[nH]c2c1CCC2)N1CCC(OC(F)(F)F)CC1. The number of aromatic amines is 1. The molecule has 0 bridgehead atoms. The van der Waals surface area contributed by atoms with Crippen LogP contribution in [0.25, 0.3) is 0 Å². The van der Waals surface area contributed by atoms with Crippen LogP contribution in [0.5, 0.6) is 0 Å². The Labute approximate surface area is 119 Å². The zero-order valence-corrected chi connectivity index (χ0v) is 11.4. The van der Waals surface area contributed by atoms with Crippen LogP contribution < -0.4 is 0 Å². The number of hydrogen-bond donors (Lipinski definition) is 1. The summed E-state index contributed by atoms with van der Waals surface area (Å²) in [5, 5.41) is 6.94. The summed E-state index contributed by atoms with van der Waals surface area (Å²) in [6, 6.07) is 0. The van der Waals surface area contributed by atoms with Crippen LogP contribution in [0.2, 0.25) is 0 Å². The second-order valence-corrected chi connectivity index (χ2v) is 5.44. The molecule has 1 saturated heterocycles. The van der Waals surface area contributed by atoms with Crippen molar-refractivity contribution < 1.29 is 22.7 Å². The van der Waals surface area contributed by atoms with Crippen LogP contribution >= 0.6 is 0 Å². The number of hydrogen-bond acceptors (Lipinski definition) is 3. The van der Waals surface area contributed by atoms with E-state index >= 15 is 0 Å². The molecule has 0 atom stereocenters. The van der Waals surface area contributed by atoms with Crippen LogP contribution in [-0.2, 0) is 17.6 Å². The first-order chi connectivity index (χ1) is 9.94. The van der Waals surface area contributed by atoms with E-state index in [9.17, 15) is 18.0 Å². The molecule has 21 heavy (non-hydrogen) atoms. The molecule has 2 aliphatic rings. The molecule has 8 heteroatoms. The third-order valence-corrected chi connectivity index (χ3v) is 4.04. The molecule has 116 valence electrons. The number of H-pyrrole nitrogens is 1. The van der Waals surface area contributed by atoms with Crippen molar-refractivity contribution in [3.63, 3.8) is 0 Å². The molecular formula is C13H16F3N3O2. The number of aromatic nitrogens is 2. The van der Waals surface area contributed by atoms with E-state index in [0.717, 1.165) is 30.5 Å². The minimum Gasteiger partial charge on any atom is -0.337 e. The minimum absolute atomic E-state index is 0.192. The van der Waals surface area contributed by atoms with Crippen molar-refractivity contribution in [3.8, 4) is 0 Å². The standard InChI is InChI=1S/C13H16F3N3O2/c14-13(15,16)21-8-4-6-19(7-5-8)12(20)11-9-2-1-3-10(9)17-18-11/h8H,1-7H2,(H,17,18).